The zero-order valence-corrected chi connectivity index (χ0v) is 17.9. The highest BCUT2D eigenvalue weighted by Gasteiger charge is 2.22. The second-order valence-electron chi connectivity index (χ2n) is 6.71. The van der Waals surface area contributed by atoms with Crippen LogP contribution in [0.25, 0.3) is 22.3 Å². The predicted octanol–water partition coefficient (Wildman–Crippen LogP) is 4.10. The average molecular weight is 440 g/mol. The lowest BCUT2D eigenvalue weighted by atomic mass is 9.96. The maximum atomic E-state index is 11.5. The number of methoxy groups -OCH3 is 2. The lowest BCUT2D eigenvalue weighted by molar-refractivity contribution is -0.145. The number of benzene rings is 3. The Morgan fingerprint density at radius 3 is 2.16 bits per heavy atom. The Morgan fingerprint density at radius 2 is 1.56 bits per heavy atom. The van der Waals surface area contributed by atoms with Gasteiger partial charge in [0.25, 0.3) is 0 Å². The van der Waals surface area contributed by atoms with Gasteiger partial charge in [0.15, 0.2) is 29.6 Å². The summed E-state index contributed by atoms with van der Waals surface area (Å²) in [5, 5.41) is 31.0. The number of rotatable bonds is 8. The molecule has 3 rings (SSSR count). The van der Waals surface area contributed by atoms with Gasteiger partial charge in [-0.1, -0.05) is 18.2 Å². The van der Waals surface area contributed by atoms with Gasteiger partial charge in [-0.15, -0.1) is 0 Å². The molecule has 0 aliphatic rings. The summed E-state index contributed by atoms with van der Waals surface area (Å²) in [4.78, 5) is 11.5. The summed E-state index contributed by atoms with van der Waals surface area (Å²) in [6.07, 6.45) is 0. The number of esters is 1. The Morgan fingerprint density at radius 1 is 0.875 bits per heavy atom. The van der Waals surface area contributed by atoms with Gasteiger partial charge >= 0.3 is 5.97 Å². The lowest BCUT2D eigenvalue weighted by Gasteiger charge is -2.18. The standard InChI is InChI=1S/C24H24O8/c1-4-31-21(27)13-32-19-10-7-15(11-18(19)26)22-20(29-2)12-17(24(30-3)23(22)28)14-5-8-16(25)9-6-14/h5-12,25-26,28H,4,13H2,1-3H3. The molecule has 8 nitrogen and oxygen atoms in total. The fraction of sp³-hybridized carbons (Fsp3) is 0.208. The highest BCUT2D eigenvalue weighted by atomic mass is 16.6. The van der Waals surface area contributed by atoms with E-state index in [4.69, 9.17) is 18.9 Å². The van der Waals surface area contributed by atoms with E-state index in [0.717, 1.165) is 0 Å². The van der Waals surface area contributed by atoms with Gasteiger partial charge in [0.1, 0.15) is 11.5 Å². The lowest BCUT2D eigenvalue weighted by Crippen LogP contribution is -2.14. The Bertz CT molecular complexity index is 1110. The van der Waals surface area contributed by atoms with Crippen LogP contribution in [0.15, 0.2) is 48.5 Å². The maximum Gasteiger partial charge on any atom is 0.344 e. The zero-order chi connectivity index (χ0) is 23.3. The summed E-state index contributed by atoms with van der Waals surface area (Å²) in [6.45, 7) is 1.57. The van der Waals surface area contributed by atoms with Crippen molar-refractivity contribution in [3.8, 4) is 56.8 Å². The number of carbonyl (C=O) groups excluding carboxylic acids is 1. The van der Waals surface area contributed by atoms with E-state index in [-0.39, 0.29) is 42.0 Å². The molecular formula is C24H24O8. The van der Waals surface area contributed by atoms with E-state index in [1.165, 1.54) is 38.5 Å². The first-order valence-electron chi connectivity index (χ1n) is 9.78. The molecule has 0 saturated heterocycles. The highest BCUT2D eigenvalue weighted by molar-refractivity contribution is 5.88. The molecule has 0 aliphatic heterocycles. The number of carbonyl (C=O) groups is 1. The maximum absolute atomic E-state index is 11.5. The van der Waals surface area contributed by atoms with Gasteiger partial charge in [-0.25, -0.2) is 4.79 Å². The van der Waals surface area contributed by atoms with E-state index in [1.54, 1.807) is 31.2 Å². The normalized spacial score (nSPS) is 10.5. The molecule has 0 atom stereocenters. The van der Waals surface area contributed by atoms with Gasteiger partial charge < -0.3 is 34.3 Å². The van der Waals surface area contributed by atoms with E-state index >= 15 is 0 Å². The molecular weight excluding hydrogens is 416 g/mol. The van der Waals surface area contributed by atoms with E-state index in [0.29, 0.717) is 28.0 Å². The first-order valence-corrected chi connectivity index (χ1v) is 9.78. The van der Waals surface area contributed by atoms with Gasteiger partial charge in [-0.2, -0.15) is 0 Å². The van der Waals surface area contributed by atoms with Crippen LogP contribution in [0.5, 0.6) is 34.5 Å². The number of hydrogen-bond acceptors (Lipinski definition) is 8. The Balaban J connectivity index is 2.03. The summed E-state index contributed by atoms with van der Waals surface area (Å²) in [5.74, 6) is -0.219. The van der Waals surface area contributed by atoms with Crippen LogP contribution in [-0.2, 0) is 9.53 Å². The molecule has 3 aromatic carbocycles. The third-order valence-corrected chi connectivity index (χ3v) is 4.72. The highest BCUT2D eigenvalue weighted by Crippen LogP contribution is 2.50. The van der Waals surface area contributed by atoms with Gasteiger partial charge in [0.2, 0.25) is 0 Å². The van der Waals surface area contributed by atoms with Crippen molar-refractivity contribution in [2.45, 2.75) is 6.92 Å². The summed E-state index contributed by atoms with van der Waals surface area (Å²) in [6, 6.07) is 12.6. The number of ether oxygens (including phenoxy) is 4. The van der Waals surface area contributed by atoms with Crippen molar-refractivity contribution >= 4 is 5.97 Å². The third kappa shape index (κ3) is 4.64. The molecule has 3 N–H and O–H groups in total. The minimum atomic E-state index is -0.551. The monoisotopic (exact) mass is 440 g/mol. The van der Waals surface area contributed by atoms with Crippen molar-refractivity contribution in [2.75, 3.05) is 27.4 Å². The van der Waals surface area contributed by atoms with Gasteiger partial charge in [0.05, 0.1) is 26.4 Å². The van der Waals surface area contributed by atoms with E-state index in [9.17, 15) is 20.1 Å². The molecule has 0 unspecified atom stereocenters. The largest absolute Gasteiger partial charge is 0.508 e. The Kier molecular flexibility index (Phi) is 6.94. The molecule has 0 heterocycles. The fourth-order valence-electron chi connectivity index (χ4n) is 3.26. The second-order valence-corrected chi connectivity index (χ2v) is 6.71. The molecule has 0 fully saturated rings. The van der Waals surface area contributed by atoms with Crippen LogP contribution in [0.3, 0.4) is 0 Å². The number of phenolic OH excluding ortho intramolecular Hbond substituents is 3. The number of hydrogen-bond donors (Lipinski definition) is 3. The van der Waals surface area contributed by atoms with E-state index in [2.05, 4.69) is 0 Å². The average Bonchev–Trinajstić information content (AvgIpc) is 2.78. The minimum Gasteiger partial charge on any atom is -0.508 e. The SMILES string of the molecule is CCOC(=O)COc1ccc(-c2c(OC)cc(-c3ccc(O)cc3)c(OC)c2O)cc1O. The van der Waals surface area contributed by atoms with Crippen LogP contribution in [0, 0.1) is 0 Å². The van der Waals surface area contributed by atoms with Crippen molar-refractivity contribution < 1.29 is 39.1 Å². The molecule has 0 aliphatic carbocycles. The predicted molar refractivity (Wildman–Crippen MR) is 118 cm³/mol. The van der Waals surface area contributed by atoms with Crippen LogP contribution in [0.1, 0.15) is 6.92 Å². The summed E-state index contributed by atoms with van der Waals surface area (Å²) in [7, 11) is 2.89. The Hall–Kier alpha value is -4.07. The summed E-state index contributed by atoms with van der Waals surface area (Å²) < 4.78 is 21.1. The molecule has 0 aromatic heterocycles. The smallest absolute Gasteiger partial charge is 0.344 e. The van der Waals surface area contributed by atoms with Crippen molar-refractivity contribution in [1.82, 2.24) is 0 Å². The third-order valence-electron chi connectivity index (χ3n) is 4.72. The van der Waals surface area contributed by atoms with E-state index in [1.807, 2.05) is 0 Å². The first kappa shape index (κ1) is 22.6. The molecule has 8 heteroatoms. The van der Waals surface area contributed by atoms with Crippen molar-refractivity contribution in [2.24, 2.45) is 0 Å². The minimum absolute atomic E-state index is 0.0907. The van der Waals surface area contributed by atoms with E-state index < -0.39 is 5.97 Å². The molecule has 168 valence electrons. The molecule has 0 spiro atoms. The quantitative estimate of drug-likeness (QED) is 0.449. The molecule has 0 amide bonds. The second kappa shape index (κ2) is 9.82. The number of phenols is 3. The van der Waals surface area contributed by atoms with Crippen molar-refractivity contribution in [1.29, 1.82) is 0 Å². The van der Waals surface area contributed by atoms with Crippen LogP contribution < -0.4 is 14.2 Å². The molecule has 0 bridgehead atoms. The van der Waals surface area contributed by atoms with Crippen LogP contribution in [0.4, 0.5) is 0 Å². The molecule has 3 aromatic rings. The van der Waals surface area contributed by atoms with Gasteiger partial charge in [-0.3, -0.25) is 0 Å². The number of aromatic hydroxyl groups is 3. The van der Waals surface area contributed by atoms with Crippen LogP contribution in [0.2, 0.25) is 0 Å². The van der Waals surface area contributed by atoms with Crippen molar-refractivity contribution in [3.05, 3.63) is 48.5 Å². The summed E-state index contributed by atoms with van der Waals surface area (Å²) in [5.41, 5.74) is 2.00. The van der Waals surface area contributed by atoms with Crippen LogP contribution >= 0.6 is 0 Å². The van der Waals surface area contributed by atoms with Gasteiger partial charge in [-0.05, 0) is 48.4 Å². The topological polar surface area (TPSA) is 115 Å². The molecule has 32 heavy (non-hydrogen) atoms. The van der Waals surface area contributed by atoms with Crippen molar-refractivity contribution in [3.63, 3.8) is 0 Å². The first-order chi connectivity index (χ1) is 15.4. The van der Waals surface area contributed by atoms with Gasteiger partial charge in [0, 0.05) is 5.56 Å². The fourth-order valence-corrected chi connectivity index (χ4v) is 3.26. The molecule has 0 saturated carbocycles. The van der Waals surface area contributed by atoms with Crippen LogP contribution in [-0.4, -0.2) is 48.7 Å². The Labute approximate surface area is 185 Å². The summed E-state index contributed by atoms with van der Waals surface area (Å²) >= 11 is 0. The zero-order valence-electron chi connectivity index (χ0n) is 17.9. The molecule has 0 radical (unpaired) electrons.